The van der Waals surface area contributed by atoms with Crippen molar-refractivity contribution < 1.29 is 26.3 Å². The van der Waals surface area contributed by atoms with Gasteiger partial charge in [0.2, 0.25) is 0 Å². The van der Waals surface area contributed by atoms with Gasteiger partial charge in [0.15, 0.2) is 6.67 Å². The van der Waals surface area contributed by atoms with E-state index in [1.165, 1.54) is 0 Å². The first kappa shape index (κ1) is 35.8. The number of fused-ring (bicyclic) bond motifs is 2. The van der Waals surface area contributed by atoms with Crippen molar-refractivity contribution in [3.63, 3.8) is 0 Å². The molecule has 0 aliphatic heterocycles. The maximum absolute atomic E-state index is 14.2. The van der Waals surface area contributed by atoms with Gasteiger partial charge in [-0.25, -0.2) is 0 Å². The zero-order chi connectivity index (χ0) is 37.3. The molecule has 0 amide bonds. The number of hydrogen-bond donors (Lipinski definition) is 1. The first-order valence-corrected chi connectivity index (χ1v) is 17.1. The zero-order valence-electron chi connectivity index (χ0n) is 28.8. The van der Waals surface area contributed by atoms with Crippen molar-refractivity contribution >= 4 is 27.2 Å². The summed E-state index contributed by atoms with van der Waals surface area (Å²) in [5.74, 6) is 0. The summed E-state index contributed by atoms with van der Waals surface area (Å²) in [4.78, 5) is 2.08. The minimum atomic E-state index is -5.00. The molecule has 8 heteroatoms. The summed E-state index contributed by atoms with van der Waals surface area (Å²) in [6, 6.07) is 43.6. The molecule has 53 heavy (non-hydrogen) atoms. The molecule has 7 aromatic carbocycles. The molecule has 0 heterocycles. The van der Waals surface area contributed by atoms with Crippen molar-refractivity contribution in [1.82, 2.24) is 4.90 Å². The molecular weight excluding hydrogens is 682 g/mol. The fourth-order valence-electron chi connectivity index (χ4n) is 6.98. The van der Waals surface area contributed by atoms with Gasteiger partial charge in [0.1, 0.15) is 0 Å². The van der Waals surface area contributed by atoms with Crippen LogP contribution in [0.4, 0.5) is 32.0 Å². The van der Waals surface area contributed by atoms with Crippen LogP contribution in [0.25, 0.3) is 43.8 Å². The third-order valence-corrected chi connectivity index (χ3v) is 9.72. The van der Waals surface area contributed by atoms with Crippen molar-refractivity contribution in [3.05, 3.63) is 181 Å². The fraction of sp³-hybridized carbons (Fsp3) is 0.133. The Hall–Kier alpha value is -5.60. The number of nitrogens with zero attached hydrogens (tertiary/aromatic N) is 1. The fourth-order valence-corrected chi connectivity index (χ4v) is 6.98. The maximum atomic E-state index is 14.2. The van der Waals surface area contributed by atoms with Gasteiger partial charge in [-0.2, -0.15) is 26.3 Å². The summed E-state index contributed by atoms with van der Waals surface area (Å²) in [5.41, 5.74) is 1.09. The lowest BCUT2D eigenvalue weighted by Gasteiger charge is -2.34. The first-order chi connectivity index (χ1) is 25.4. The van der Waals surface area contributed by atoms with Crippen LogP contribution >= 0.6 is 0 Å². The third kappa shape index (κ3) is 7.37. The third-order valence-electron chi connectivity index (χ3n) is 9.72. The van der Waals surface area contributed by atoms with Crippen molar-refractivity contribution in [1.29, 1.82) is 0 Å². The second-order valence-corrected chi connectivity index (χ2v) is 13.0. The molecule has 0 saturated carbocycles. The summed E-state index contributed by atoms with van der Waals surface area (Å²) < 4.78 is 85.0. The number of halogens is 6. The number of alkyl halides is 6. The van der Waals surface area contributed by atoms with Gasteiger partial charge in [-0.3, -0.25) is 4.90 Å². The number of nitrogens with one attached hydrogen (secondary N) is 1. The van der Waals surface area contributed by atoms with Crippen LogP contribution in [0.2, 0.25) is 0 Å². The van der Waals surface area contributed by atoms with E-state index in [9.17, 15) is 26.3 Å². The lowest BCUT2D eigenvalue weighted by Crippen LogP contribution is -2.30. The molecule has 0 aliphatic carbocycles. The largest absolute Gasteiger partial charge is 0.416 e. The van der Waals surface area contributed by atoms with Gasteiger partial charge >= 0.3 is 12.4 Å². The molecule has 1 N–H and O–H groups in total. The van der Waals surface area contributed by atoms with Gasteiger partial charge in [-0.05, 0) is 81.9 Å². The Kier molecular flexibility index (Phi) is 9.75. The Balaban J connectivity index is 1.44. The minimum Gasteiger partial charge on any atom is -0.360 e. The lowest BCUT2D eigenvalue weighted by atomic mass is 9.85. The first-order valence-electron chi connectivity index (χ1n) is 17.1. The lowest BCUT2D eigenvalue weighted by molar-refractivity contribution is -0.143. The van der Waals surface area contributed by atoms with E-state index >= 15 is 0 Å². The van der Waals surface area contributed by atoms with E-state index < -0.39 is 23.5 Å². The number of benzene rings is 7. The molecule has 0 unspecified atom stereocenters. The van der Waals surface area contributed by atoms with Crippen molar-refractivity contribution in [3.8, 4) is 22.3 Å². The van der Waals surface area contributed by atoms with Gasteiger partial charge in [0.05, 0.1) is 11.1 Å². The van der Waals surface area contributed by atoms with E-state index in [1.54, 1.807) is 12.1 Å². The second kappa shape index (κ2) is 14.4. The van der Waals surface area contributed by atoms with Crippen molar-refractivity contribution in [2.45, 2.75) is 38.3 Å². The van der Waals surface area contributed by atoms with Crippen LogP contribution in [0.15, 0.2) is 152 Å². The number of rotatable bonds is 9. The molecule has 2 nitrogen and oxygen atoms in total. The molecular formula is C45H34F6N2. The standard InChI is InChI=1S/C45H34F6N2/c1-29(31-13-5-3-6-14-31)53(30(2)32-15-7-4-8-16-32)28-52-41-24-22-34-18-10-12-20-39(34)43(41)42-38-19-11-9-17-33(38)21-23-40(42)35-25-36(44(46,47)48)27-37(26-35)45(49,50)51/h3-27,29-30,52H,1-2H3/t29-,30-/m0/s1. The Bertz CT molecular complexity index is 2290. The average molecular weight is 717 g/mol. The summed E-state index contributed by atoms with van der Waals surface area (Å²) >= 11 is 0. The van der Waals surface area contributed by atoms with Gasteiger partial charge < -0.3 is 5.32 Å². The average Bonchev–Trinajstić information content (AvgIpc) is 3.17. The van der Waals surface area contributed by atoms with E-state index in [2.05, 4.69) is 30.7 Å². The molecule has 7 aromatic rings. The van der Waals surface area contributed by atoms with Crippen LogP contribution in [0.5, 0.6) is 0 Å². The number of anilines is 1. The smallest absolute Gasteiger partial charge is 0.360 e. The molecule has 0 saturated heterocycles. The van der Waals surface area contributed by atoms with Gasteiger partial charge in [0, 0.05) is 28.9 Å². The van der Waals surface area contributed by atoms with Crippen LogP contribution in [0, 0.1) is 6.67 Å². The van der Waals surface area contributed by atoms with E-state index in [0.29, 0.717) is 22.2 Å². The summed E-state index contributed by atoms with van der Waals surface area (Å²) in [7, 11) is 0. The van der Waals surface area contributed by atoms with Gasteiger partial charge in [-0.1, -0.05) is 127 Å². The predicted molar refractivity (Wildman–Crippen MR) is 201 cm³/mol. The maximum Gasteiger partial charge on any atom is 0.416 e. The van der Waals surface area contributed by atoms with E-state index in [4.69, 9.17) is 0 Å². The van der Waals surface area contributed by atoms with E-state index in [0.717, 1.165) is 39.4 Å². The van der Waals surface area contributed by atoms with Crippen LogP contribution in [-0.4, -0.2) is 4.90 Å². The normalized spacial score (nSPS) is 13.4. The Labute approximate surface area is 304 Å². The van der Waals surface area contributed by atoms with Crippen LogP contribution in [0.1, 0.15) is 48.2 Å². The highest BCUT2D eigenvalue weighted by molar-refractivity contribution is 6.14. The quantitative estimate of drug-likeness (QED) is 0.118. The summed E-state index contributed by atoms with van der Waals surface area (Å²) in [6.45, 7) is 7.62. The molecule has 0 spiro atoms. The highest BCUT2D eigenvalue weighted by atomic mass is 19.4. The molecule has 0 fully saturated rings. The van der Waals surface area contributed by atoms with Crippen molar-refractivity contribution in [2.24, 2.45) is 0 Å². The monoisotopic (exact) mass is 716 g/mol. The Morgan fingerprint density at radius 1 is 0.509 bits per heavy atom. The molecule has 266 valence electrons. The highest BCUT2D eigenvalue weighted by Gasteiger charge is 2.37. The predicted octanol–water partition coefficient (Wildman–Crippen LogP) is 13.6. The summed E-state index contributed by atoms with van der Waals surface area (Å²) in [6.07, 6.45) is -10.0. The Morgan fingerprint density at radius 2 is 0.962 bits per heavy atom. The van der Waals surface area contributed by atoms with Crippen LogP contribution < -0.4 is 5.32 Å². The molecule has 2 atom stereocenters. The van der Waals surface area contributed by atoms with E-state index in [-0.39, 0.29) is 29.3 Å². The molecule has 0 aliphatic rings. The van der Waals surface area contributed by atoms with Crippen LogP contribution in [-0.2, 0) is 12.4 Å². The topological polar surface area (TPSA) is 15.3 Å². The SMILES string of the molecule is C[C@@H](c1ccccc1)N([C]Nc1ccc2ccccc2c1-c1c(-c2cc(C(F)(F)F)cc(C(F)(F)F)c2)ccc2ccccc12)[C@@H](C)c1ccccc1. The van der Waals surface area contributed by atoms with Gasteiger partial charge in [-0.15, -0.1) is 0 Å². The van der Waals surface area contributed by atoms with Crippen LogP contribution in [0.3, 0.4) is 0 Å². The Morgan fingerprint density at radius 3 is 1.47 bits per heavy atom. The van der Waals surface area contributed by atoms with Gasteiger partial charge in [0.25, 0.3) is 0 Å². The molecule has 7 rings (SSSR count). The summed E-state index contributed by atoms with van der Waals surface area (Å²) in [5, 5.41) is 6.49. The highest BCUT2D eigenvalue weighted by Crippen LogP contribution is 2.47. The minimum absolute atomic E-state index is 0.137. The molecule has 0 bridgehead atoms. The molecule has 0 aromatic heterocycles. The molecule has 2 radical (unpaired) electrons. The van der Waals surface area contributed by atoms with E-state index in [1.807, 2.05) is 121 Å². The second-order valence-electron chi connectivity index (χ2n) is 13.0. The number of hydrogen-bond acceptors (Lipinski definition) is 2. The van der Waals surface area contributed by atoms with Crippen molar-refractivity contribution in [2.75, 3.05) is 5.32 Å². The zero-order valence-corrected chi connectivity index (χ0v) is 28.8.